The molecule has 0 saturated carbocycles. The fraction of sp³-hybridized carbons (Fsp3) is 0.615. The van der Waals surface area contributed by atoms with Gasteiger partial charge >= 0.3 is 12.0 Å². The first-order chi connectivity index (χ1) is 9.99. The highest BCUT2D eigenvalue weighted by Crippen LogP contribution is 2.09. The number of thioether (sulfide) groups is 1. The number of aliphatic carboxylic acids is 1. The standard InChI is InChI=1S/C13H22N4O3S/c1-4-10(7-21-3)17(2)13(20)16-11(12(18)19)5-9-6-14-8-15-9/h6,8,10-11H,4-5,7H2,1-3H3,(H,14,15)(H,16,20)(H,18,19)/t10?,11-/m1/s1. The molecule has 1 heterocycles. The summed E-state index contributed by atoms with van der Waals surface area (Å²) in [5.74, 6) is -0.247. The largest absolute Gasteiger partial charge is 0.480 e. The summed E-state index contributed by atoms with van der Waals surface area (Å²) in [6.45, 7) is 2.00. The van der Waals surface area contributed by atoms with E-state index in [4.69, 9.17) is 0 Å². The number of aromatic amines is 1. The highest BCUT2D eigenvalue weighted by molar-refractivity contribution is 7.98. The van der Waals surface area contributed by atoms with Crippen LogP contribution in [0.25, 0.3) is 0 Å². The maximum Gasteiger partial charge on any atom is 0.326 e. The maximum absolute atomic E-state index is 12.2. The second kappa shape index (κ2) is 8.56. The quantitative estimate of drug-likeness (QED) is 0.669. The number of nitrogens with one attached hydrogen (secondary N) is 2. The summed E-state index contributed by atoms with van der Waals surface area (Å²) in [7, 11) is 1.69. The molecule has 0 spiro atoms. The highest BCUT2D eigenvalue weighted by Gasteiger charge is 2.25. The molecule has 1 rings (SSSR count). The van der Waals surface area contributed by atoms with Crippen LogP contribution in [0.15, 0.2) is 12.5 Å². The van der Waals surface area contributed by atoms with Gasteiger partial charge in [-0.3, -0.25) is 0 Å². The van der Waals surface area contributed by atoms with Crippen molar-refractivity contribution in [1.29, 1.82) is 0 Å². The Bertz CT molecular complexity index is 452. The molecule has 3 N–H and O–H groups in total. The lowest BCUT2D eigenvalue weighted by Gasteiger charge is -2.28. The van der Waals surface area contributed by atoms with Gasteiger partial charge in [0, 0.05) is 37.2 Å². The van der Waals surface area contributed by atoms with Gasteiger partial charge < -0.3 is 20.3 Å². The topological polar surface area (TPSA) is 98.3 Å². The van der Waals surface area contributed by atoms with Crippen LogP contribution in [0.3, 0.4) is 0 Å². The summed E-state index contributed by atoms with van der Waals surface area (Å²) in [5.41, 5.74) is 0.668. The third-order valence-corrected chi connectivity index (χ3v) is 3.99. The average molecular weight is 314 g/mol. The lowest BCUT2D eigenvalue weighted by atomic mass is 10.1. The summed E-state index contributed by atoms with van der Waals surface area (Å²) >= 11 is 1.66. The van der Waals surface area contributed by atoms with E-state index in [0.717, 1.165) is 12.2 Å². The van der Waals surface area contributed by atoms with Crippen molar-refractivity contribution in [3.05, 3.63) is 18.2 Å². The van der Waals surface area contributed by atoms with Crippen molar-refractivity contribution in [3.63, 3.8) is 0 Å². The number of urea groups is 1. The predicted molar refractivity (Wildman–Crippen MR) is 82.5 cm³/mol. The van der Waals surface area contributed by atoms with E-state index in [0.29, 0.717) is 5.69 Å². The van der Waals surface area contributed by atoms with Gasteiger partial charge in [0.25, 0.3) is 0 Å². The molecule has 8 heteroatoms. The van der Waals surface area contributed by atoms with E-state index >= 15 is 0 Å². The number of amides is 2. The van der Waals surface area contributed by atoms with Crippen LogP contribution < -0.4 is 5.32 Å². The van der Waals surface area contributed by atoms with E-state index in [-0.39, 0.29) is 18.5 Å². The maximum atomic E-state index is 12.2. The summed E-state index contributed by atoms with van der Waals surface area (Å²) in [4.78, 5) is 31.7. The smallest absolute Gasteiger partial charge is 0.326 e. The second-order valence-corrected chi connectivity index (χ2v) is 5.66. The summed E-state index contributed by atoms with van der Waals surface area (Å²) in [5, 5.41) is 11.8. The Morgan fingerprint density at radius 2 is 2.29 bits per heavy atom. The molecule has 0 radical (unpaired) electrons. The molecule has 2 atom stereocenters. The van der Waals surface area contributed by atoms with Crippen molar-refractivity contribution in [3.8, 4) is 0 Å². The Balaban J connectivity index is 2.65. The molecule has 1 aromatic rings. The normalized spacial score (nSPS) is 13.5. The van der Waals surface area contributed by atoms with Gasteiger partial charge in [0.2, 0.25) is 0 Å². The van der Waals surface area contributed by atoms with Crippen LogP contribution in [0.2, 0.25) is 0 Å². The Morgan fingerprint density at radius 1 is 1.57 bits per heavy atom. The minimum atomic E-state index is -1.07. The van der Waals surface area contributed by atoms with E-state index in [1.807, 2.05) is 13.2 Å². The molecule has 0 aromatic carbocycles. The molecule has 0 aliphatic rings. The number of hydrogen-bond acceptors (Lipinski definition) is 4. The van der Waals surface area contributed by atoms with Crippen LogP contribution in [0.1, 0.15) is 19.0 Å². The SMILES string of the molecule is CCC(CSC)N(C)C(=O)N[C@H](Cc1cnc[nH]1)C(=O)O. The Hall–Kier alpha value is -1.70. The van der Waals surface area contributed by atoms with Gasteiger partial charge in [-0.25, -0.2) is 14.6 Å². The van der Waals surface area contributed by atoms with E-state index in [1.54, 1.807) is 29.9 Å². The van der Waals surface area contributed by atoms with Crippen molar-refractivity contribution in [2.45, 2.75) is 31.8 Å². The summed E-state index contributed by atoms with van der Waals surface area (Å²) in [6, 6.07) is -1.27. The molecule has 21 heavy (non-hydrogen) atoms. The first-order valence-corrected chi connectivity index (χ1v) is 8.11. The lowest BCUT2D eigenvalue weighted by Crippen LogP contribution is -2.51. The van der Waals surface area contributed by atoms with E-state index in [9.17, 15) is 14.7 Å². The van der Waals surface area contributed by atoms with Gasteiger partial charge in [-0.1, -0.05) is 6.92 Å². The first-order valence-electron chi connectivity index (χ1n) is 6.71. The number of carboxylic acids is 1. The van der Waals surface area contributed by atoms with Gasteiger partial charge in [-0.15, -0.1) is 0 Å². The minimum Gasteiger partial charge on any atom is -0.480 e. The van der Waals surface area contributed by atoms with Crippen LogP contribution in [0.5, 0.6) is 0 Å². The highest BCUT2D eigenvalue weighted by atomic mass is 32.2. The molecule has 0 fully saturated rings. The fourth-order valence-electron chi connectivity index (χ4n) is 1.93. The summed E-state index contributed by atoms with van der Waals surface area (Å²) < 4.78 is 0. The molecule has 0 bridgehead atoms. The molecule has 1 unspecified atom stereocenters. The van der Waals surface area contributed by atoms with Crippen LogP contribution in [-0.2, 0) is 11.2 Å². The van der Waals surface area contributed by atoms with Gasteiger partial charge in [0.1, 0.15) is 6.04 Å². The van der Waals surface area contributed by atoms with Crippen molar-refractivity contribution in [2.75, 3.05) is 19.1 Å². The Labute approximate surface area is 128 Å². The summed E-state index contributed by atoms with van der Waals surface area (Å²) in [6.07, 6.45) is 6.01. The number of H-pyrrole nitrogens is 1. The van der Waals surface area contributed by atoms with Crippen molar-refractivity contribution >= 4 is 23.8 Å². The second-order valence-electron chi connectivity index (χ2n) is 4.75. The minimum absolute atomic E-state index is 0.0848. The monoisotopic (exact) mass is 314 g/mol. The number of carbonyl (C=O) groups is 2. The zero-order valence-electron chi connectivity index (χ0n) is 12.5. The van der Waals surface area contributed by atoms with E-state index in [2.05, 4.69) is 15.3 Å². The van der Waals surface area contributed by atoms with Crippen molar-refractivity contribution in [2.24, 2.45) is 0 Å². The molecule has 2 amide bonds. The van der Waals surface area contributed by atoms with Crippen molar-refractivity contribution < 1.29 is 14.7 Å². The zero-order valence-corrected chi connectivity index (χ0v) is 13.3. The number of imidazole rings is 1. The number of rotatable bonds is 8. The van der Waals surface area contributed by atoms with Gasteiger partial charge in [0.05, 0.1) is 6.33 Å². The number of carbonyl (C=O) groups excluding carboxylic acids is 1. The van der Waals surface area contributed by atoms with Gasteiger partial charge in [-0.2, -0.15) is 11.8 Å². The lowest BCUT2D eigenvalue weighted by molar-refractivity contribution is -0.139. The van der Waals surface area contributed by atoms with E-state index < -0.39 is 12.0 Å². The number of hydrogen-bond donors (Lipinski definition) is 3. The molecule has 7 nitrogen and oxygen atoms in total. The molecule has 0 aliphatic heterocycles. The van der Waals surface area contributed by atoms with Crippen LogP contribution in [0, 0.1) is 0 Å². The number of nitrogens with zero attached hydrogens (tertiary/aromatic N) is 2. The zero-order chi connectivity index (χ0) is 15.8. The molecular formula is C13H22N4O3S. The molecule has 1 aromatic heterocycles. The fourth-order valence-corrected chi connectivity index (χ4v) is 2.77. The number of aromatic nitrogens is 2. The van der Waals surface area contributed by atoms with Gasteiger partial charge in [-0.05, 0) is 12.7 Å². The molecule has 0 saturated heterocycles. The third kappa shape index (κ3) is 5.30. The first kappa shape index (κ1) is 17.4. The Kier molecular flexibility index (Phi) is 7.07. The molecular weight excluding hydrogens is 292 g/mol. The third-order valence-electron chi connectivity index (χ3n) is 3.27. The van der Waals surface area contributed by atoms with Crippen LogP contribution in [0.4, 0.5) is 4.79 Å². The van der Waals surface area contributed by atoms with Crippen molar-refractivity contribution in [1.82, 2.24) is 20.2 Å². The van der Waals surface area contributed by atoms with Gasteiger partial charge in [0.15, 0.2) is 0 Å². The molecule has 0 aliphatic carbocycles. The average Bonchev–Trinajstić information content (AvgIpc) is 2.96. The number of carboxylic acid groups (broad SMARTS) is 1. The van der Waals surface area contributed by atoms with Crippen LogP contribution >= 0.6 is 11.8 Å². The van der Waals surface area contributed by atoms with Crippen LogP contribution in [-0.4, -0.2) is 63.1 Å². The molecule has 118 valence electrons. The Morgan fingerprint density at radius 3 is 2.76 bits per heavy atom. The van der Waals surface area contributed by atoms with E-state index in [1.165, 1.54) is 6.33 Å². The predicted octanol–water partition coefficient (Wildman–Crippen LogP) is 1.19.